The lowest BCUT2D eigenvalue weighted by Gasteiger charge is -2.07. The molecule has 0 heterocycles. The zero-order valence-electron chi connectivity index (χ0n) is 12.7. The van der Waals surface area contributed by atoms with Crippen molar-refractivity contribution in [2.24, 2.45) is 0 Å². The molecule has 1 aromatic rings. The van der Waals surface area contributed by atoms with E-state index >= 15 is 0 Å². The summed E-state index contributed by atoms with van der Waals surface area (Å²) in [5, 5.41) is 0. The van der Waals surface area contributed by atoms with Crippen molar-refractivity contribution in [1.82, 2.24) is 5.48 Å². The van der Waals surface area contributed by atoms with E-state index in [2.05, 4.69) is 4.84 Å². The molecule has 0 spiro atoms. The van der Waals surface area contributed by atoms with Crippen molar-refractivity contribution < 1.29 is 24.0 Å². The van der Waals surface area contributed by atoms with Crippen LogP contribution in [0.2, 0.25) is 0 Å². The Kier molecular flexibility index (Phi) is 8.33. The summed E-state index contributed by atoms with van der Waals surface area (Å²) in [6, 6.07) is 9.09. The fourth-order valence-electron chi connectivity index (χ4n) is 1.71. The molecule has 0 saturated carbocycles. The van der Waals surface area contributed by atoms with Crippen molar-refractivity contribution in [3.8, 4) is 0 Å². The second-order valence-electron chi connectivity index (χ2n) is 4.81. The molecule has 1 aromatic carbocycles. The van der Waals surface area contributed by atoms with Gasteiger partial charge in [-0.25, -0.2) is 9.59 Å². The maximum atomic E-state index is 11.4. The van der Waals surface area contributed by atoms with Crippen LogP contribution in [0.4, 0.5) is 4.79 Å². The largest absolute Gasteiger partial charge is 0.443 e. The lowest BCUT2D eigenvalue weighted by molar-refractivity contribution is -0.151. The maximum Gasteiger partial charge on any atom is 0.441 e. The van der Waals surface area contributed by atoms with Crippen molar-refractivity contribution in [2.45, 2.75) is 45.6 Å². The number of amides is 1. The molecule has 0 bridgehead atoms. The first-order chi connectivity index (χ1) is 10.6. The minimum atomic E-state index is -0.879. The van der Waals surface area contributed by atoms with Crippen molar-refractivity contribution in [2.75, 3.05) is 0 Å². The Bertz CT molecular complexity index is 487. The van der Waals surface area contributed by atoms with E-state index in [0.29, 0.717) is 6.42 Å². The van der Waals surface area contributed by atoms with Gasteiger partial charge in [-0.05, 0) is 12.0 Å². The molecular formula is C16H21NO5. The number of hydroxylamine groups is 1. The molecule has 0 aliphatic carbocycles. The smallest absolute Gasteiger partial charge is 0.441 e. The number of unbranched alkanes of at least 4 members (excludes halogenated alkanes) is 2. The number of ketones is 1. The van der Waals surface area contributed by atoms with Crippen LogP contribution in [-0.4, -0.2) is 17.8 Å². The van der Waals surface area contributed by atoms with E-state index in [1.165, 1.54) is 0 Å². The Labute approximate surface area is 129 Å². The minimum Gasteiger partial charge on any atom is -0.443 e. The average molecular weight is 307 g/mol. The van der Waals surface area contributed by atoms with E-state index in [9.17, 15) is 14.4 Å². The third-order valence-electron chi connectivity index (χ3n) is 2.86. The molecule has 0 aliphatic heterocycles. The van der Waals surface area contributed by atoms with E-state index in [1.54, 1.807) is 12.1 Å². The Hall–Kier alpha value is -2.37. The van der Waals surface area contributed by atoms with E-state index in [4.69, 9.17) is 4.74 Å². The predicted molar refractivity (Wildman–Crippen MR) is 79.6 cm³/mol. The molecule has 0 aliphatic rings. The van der Waals surface area contributed by atoms with Crippen LogP contribution >= 0.6 is 0 Å². The van der Waals surface area contributed by atoms with E-state index < -0.39 is 12.1 Å². The summed E-state index contributed by atoms with van der Waals surface area (Å²) < 4.78 is 4.85. The normalized spacial score (nSPS) is 9.86. The highest BCUT2D eigenvalue weighted by Gasteiger charge is 2.12. The summed E-state index contributed by atoms with van der Waals surface area (Å²) in [6.07, 6.45) is 1.84. The zero-order valence-corrected chi connectivity index (χ0v) is 12.7. The molecule has 0 unspecified atom stereocenters. The second kappa shape index (κ2) is 10.4. The lowest BCUT2D eigenvalue weighted by Crippen LogP contribution is -2.28. The summed E-state index contributed by atoms with van der Waals surface area (Å²) in [5.41, 5.74) is 2.68. The first-order valence-corrected chi connectivity index (χ1v) is 7.30. The van der Waals surface area contributed by atoms with Crippen LogP contribution in [0, 0.1) is 0 Å². The number of ether oxygens (including phenoxy) is 1. The standard InChI is InChI=1S/C16H21NO5/c1-2-3-5-10-14(18)11-15(19)22-17-16(20)21-12-13-8-6-4-7-9-13/h4,6-9H,2-3,5,10-12H2,1H3,(H,17,20). The van der Waals surface area contributed by atoms with Gasteiger partial charge in [0.25, 0.3) is 0 Å². The van der Waals surface area contributed by atoms with Gasteiger partial charge in [-0.1, -0.05) is 50.1 Å². The topological polar surface area (TPSA) is 81.7 Å². The highest BCUT2D eigenvalue weighted by atomic mass is 16.7. The van der Waals surface area contributed by atoms with Gasteiger partial charge in [-0.2, -0.15) is 0 Å². The number of nitrogens with one attached hydrogen (secondary N) is 1. The SMILES string of the molecule is CCCCCC(=O)CC(=O)ONC(=O)OCc1ccccc1. The molecule has 6 nitrogen and oxygen atoms in total. The van der Waals surface area contributed by atoms with Crippen LogP contribution in [0.3, 0.4) is 0 Å². The monoisotopic (exact) mass is 307 g/mol. The number of benzene rings is 1. The van der Waals surface area contributed by atoms with Gasteiger partial charge in [0.1, 0.15) is 18.8 Å². The molecule has 6 heteroatoms. The van der Waals surface area contributed by atoms with Crippen LogP contribution in [0.25, 0.3) is 0 Å². The first kappa shape index (κ1) is 17.7. The number of hydrogen-bond acceptors (Lipinski definition) is 5. The summed E-state index contributed by atoms with van der Waals surface area (Å²) in [7, 11) is 0. The van der Waals surface area contributed by atoms with Gasteiger partial charge in [0.15, 0.2) is 0 Å². The number of rotatable bonds is 8. The third kappa shape index (κ3) is 8.04. The lowest BCUT2D eigenvalue weighted by atomic mass is 10.1. The Morgan fingerprint density at radius 1 is 1.09 bits per heavy atom. The Morgan fingerprint density at radius 2 is 1.82 bits per heavy atom. The first-order valence-electron chi connectivity index (χ1n) is 7.30. The van der Waals surface area contributed by atoms with Gasteiger partial charge in [-0.15, -0.1) is 5.48 Å². The summed E-state index contributed by atoms with van der Waals surface area (Å²) in [5.74, 6) is -0.990. The highest BCUT2D eigenvalue weighted by Crippen LogP contribution is 2.03. The molecule has 0 aromatic heterocycles. The van der Waals surface area contributed by atoms with Gasteiger partial charge < -0.3 is 9.57 Å². The molecule has 0 saturated heterocycles. The third-order valence-corrected chi connectivity index (χ3v) is 2.86. The fraction of sp³-hybridized carbons (Fsp3) is 0.438. The van der Waals surface area contributed by atoms with Crippen LogP contribution in [0.5, 0.6) is 0 Å². The number of Topliss-reactive ketones (excluding diaryl/α,β-unsaturated/α-hetero) is 1. The Morgan fingerprint density at radius 3 is 2.50 bits per heavy atom. The highest BCUT2D eigenvalue weighted by molar-refractivity contribution is 5.95. The molecule has 0 atom stereocenters. The summed E-state index contributed by atoms with van der Waals surface area (Å²) >= 11 is 0. The van der Waals surface area contributed by atoms with Crippen LogP contribution < -0.4 is 5.48 Å². The summed E-state index contributed by atoms with van der Waals surface area (Å²) in [4.78, 5) is 38.6. The summed E-state index contributed by atoms with van der Waals surface area (Å²) in [6.45, 7) is 2.10. The van der Waals surface area contributed by atoms with Crippen LogP contribution in [0.1, 0.15) is 44.6 Å². The van der Waals surface area contributed by atoms with Crippen molar-refractivity contribution >= 4 is 17.8 Å². The van der Waals surface area contributed by atoms with Crippen molar-refractivity contribution in [1.29, 1.82) is 0 Å². The number of carbonyl (C=O) groups excluding carboxylic acids is 3. The van der Waals surface area contributed by atoms with Gasteiger partial charge in [0.2, 0.25) is 0 Å². The van der Waals surface area contributed by atoms with E-state index in [1.807, 2.05) is 30.6 Å². The molecule has 0 fully saturated rings. The Balaban J connectivity index is 2.15. The molecule has 120 valence electrons. The average Bonchev–Trinajstić information content (AvgIpc) is 2.52. The minimum absolute atomic E-state index is 0.0696. The molecule has 1 amide bonds. The molecule has 0 radical (unpaired) electrons. The molecule has 1 rings (SSSR count). The number of hydrogen-bond donors (Lipinski definition) is 1. The van der Waals surface area contributed by atoms with Gasteiger partial charge >= 0.3 is 12.1 Å². The maximum absolute atomic E-state index is 11.4. The predicted octanol–water partition coefficient (Wildman–Crippen LogP) is 2.91. The molecule has 1 N–H and O–H groups in total. The zero-order chi connectivity index (χ0) is 16.2. The van der Waals surface area contributed by atoms with E-state index in [-0.39, 0.29) is 18.8 Å². The van der Waals surface area contributed by atoms with Crippen LogP contribution in [0.15, 0.2) is 30.3 Å². The van der Waals surface area contributed by atoms with Crippen molar-refractivity contribution in [3.05, 3.63) is 35.9 Å². The van der Waals surface area contributed by atoms with E-state index in [0.717, 1.165) is 24.8 Å². The number of carbonyl (C=O) groups is 3. The van der Waals surface area contributed by atoms with Gasteiger partial charge in [0.05, 0.1) is 0 Å². The quantitative estimate of drug-likeness (QED) is 0.453. The molecular weight excluding hydrogens is 286 g/mol. The van der Waals surface area contributed by atoms with Crippen LogP contribution in [-0.2, 0) is 25.8 Å². The second-order valence-corrected chi connectivity index (χ2v) is 4.81. The van der Waals surface area contributed by atoms with Gasteiger partial charge in [0, 0.05) is 6.42 Å². The molecule has 22 heavy (non-hydrogen) atoms. The van der Waals surface area contributed by atoms with Gasteiger partial charge in [-0.3, -0.25) is 4.79 Å². The fourth-order valence-corrected chi connectivity index (χ4v) is 1.71. The van der Waals surface area contributed by atoms with Crippen molar-refractivity contribution in [3.63, 3.8) is 0 Å².